The zero-order valence-corrected chi connectivity index (χ0v) is 20.8. The number of nitrogens with zero attached hydrogens (tertiary/aromatic N) is 4. The zero-order valence-electron chi connectivity index (χ0n) is 20.0. The molecule has 0 unspecified atom stereocenters. The summed E-state index contributed by atoms with van der Waals surface area (Å²) in [6.07, 6.45) is 0. The van der Waals surface area contributed by atoms with Gasteiger partial charge in [-0.05, 0) is 49.0 Å². The van der Waals surface area contributed by atoms with E-state index in [1.807, 2.05) is 12.1 Å². The summed E-state index contributed by atoms with van der Waals surface area (Å²) in [6, 6.07) is 17.5. The smallest absolute Gasteiger partial charge is 0.296 e. The number of aromatic nitrogens is 5. The second-order valence-corrected chi connectivity index (χ2v) is 8.68. The van der Waals surface area contributed by atoms with E-state index in [2.05, 4.69) is 9.97 Å². The number of nitrogens with one attached hydrogen (secondary N) is 2. The standard InChI is InChI=1S/C26H20N6O4S/c1-14-21(25(35)32(30(14)2)16-7-5-4-6-8-16)31-22-20(23(33)29-26(37)28-22)19(18(13-27)24(31)34)15-9-11-17(36-3)12-10-15/h4-12H,1-3H3,(H2,28,29,33,37). The third kappa shape index (κ3) is 3.62. The quantitative estimate of drug-likeness (QED) is 0.356. The van der Waals surface area contributed by atoms with Crippen LogP contribution in [0.15, 0.2) is 69.0 Å². The molecule has 3 aromatic heterocycles. The van der Waals surface area contributed by atoms with Crippen LogP contribution in [0.1, 0.15) is 11.3 Å². The minimum atomic E-state index is -0.761. The Bertz CT molecular complexity index is 1970. The maximum absolute atomic E-state index is 13.9. The fraction of sp³-hybridized carbons (Fsp3) is 0.115. The Hall–Kier alpha value is -4.95. The van der Waals surface area contributed by atoms with Gasteiger partial charge in [0.05, 0.1) is 23.9 Å². The van der Waals surface area contributed by atoms with Crippen molar-refractivity contribution in [2.45, 2.75) is 6.92 Å². The molecular weight excluding hydrogens is 492 g/mol. The lowest BCUT2D eigenvalue weighted by Gasteiger charge is -2.14. The summed E-state index contributed by atoms with van der Waals surface area (Å²) in [5.41, 5.74) is -0.543. The highest BCUT2D eigenvalue weighted by Crippen LogP contribution is 2.30. The highest BCUT2D eigenvalue weighted by molar-refractivity contribution is 7.71. The molecule has 0 aliphatic carbocycles. The van der Waals surface area contributed by atoms with Crippen LogP contribution in [0.3, 0.4) is 0 Å². The lowest BCUT2D eigenvalue weighted by molar-refractivity contribution is 0.415. The number of ether oxygens (including phenoxy) is 1. The zero-order chi connectivity index (χ0) is 26.4. The minimum absolute atomic E-state index is 0.00427. The van der Waals surface area contributed by atoms with E-state index in [0.29, 0.717) is 22.7 Å². The molecule has 0 aliphatic rings. The molecule has 11 heteroatoms. The van der Waals surface area contributed by atoms with Gasteiger partial charge in [-0.15, -0.1) is 0 Å². The average Bonchev–Trinajstić information content (AvgIpc) is 3.11. The van der Waals surface area contributed by atoms with E-state index in [-0.39, 0.29) is 32.6 Å². The Balaban J connectivity index is 1.98. The Morgan fingerprint density at radius 3 is 2.27 bits per heavy atom. The number of benzene rings is 2. The first-order valence-electron chi connectivity index (χ1n) is 11.1. The van der Waals surface area contributed by atoms with Crippen molar-refractivity contribution >= 4 is 23.3 Å². The normalized spacial score (nSPS) is 11.0. The number of fused-ring (bicyclic) bond motifs is 1. The molecule has 5 rings (SSSR count). The predicted octanol–water partition coefficient (Wildman–Crippen LogP) is 3.08. The van der Waals surface area contributed by atoms with Crippen LogP contribution in [0.25, 0.3) is 33.5 Å². The molecule has 0 fully saturated rings. The van der Waals surface area contributed by atoms with Crippen molar-refractivity contribution < 1.29 is 4.74 Å². The van der Waals surface area contributed by atoms with Crippen LogP contribution >= 0.6 is 12.2 Å². The SMILES string of the molecule is COc1ccc(-c2c(C#N)c(=O)n(-c3c(C)n(C)n(-c4ccccc4)c3=O)c3[nH]c(=S)[nH]c(=O)c23)cc1. The number of nitriles is 1. The van der Waals surface area contributed by atoms with E-state index in [4.69, 9.17) is 17.0 Å². The van der Waals surface area contributed by atoms with Crippen molar-refractivity contribution in [2.24, 2.45) is 7.05 Å². The van der Waals surface area contributed by atoms with E-state index < -0.39 is 16.7 Å². The van der Waals surface area contributed by atoms with E-state index in [9.17, 15) is 19.6 Å². The van der Waals surface area contributed by atoms with Crippen LogP contribution in [-0.4, -0.2) is 31.0 Å². The minimum Gasteiger partial charge on any atom is -0.497 e. The molecule has 2 aromatic carbocycles. The van der Waals surface area contributed by atoms with Crippen LogP contribution < -0.4 is 21.4 Å². The Morgan fingerprint density at radius 1 is 0.973 bits per heavy atom. The van der Waals surface area contributed by atoms with E-state index in [1.54, 1.807) is 67.2 Å². The van der Waals surface area contributed by atoms with E-state index >= 15 is 0 Å². The second-order valence-electron chi connectivity index (χ2n) is 8.27. The van der Waals surface area contributed by atoms with Crippen molar-refractivity contribution in [3.05, 3.63) is 102 Å². The van der Waals surface area contributed by atoms with Crippen LogP contribution in [0.4, 0.5) is 0 Å². The molecule has 0 aliphatic heterocycles. The van der Waals surface area contributed by atoms with Crippen molar-refractivity contribution in [3.63, 3.8) is 0 Å². The molecule has 3 heterocycles. The molecule has 184 valence electrons. The lowest BCUT2D eigenvalue weighted by atomic mass is 9.98. The number of hydrogen-bond donors (Lipinski definition) is 2. The molecule has 0 saturated heterocycles. The van der Waals surface area contributed by atoms with Gasteiger partial charge in [-0.2, -0.15) is 5.26 Å². The van der Waals surface area contributed by atoms with E-state index in [0.717, 1.165) is 4.57 Å². The number of aromatic amines is 2. The predicted molar refractivity (Wildman–Crippen MR) is 141 cm³/mol. The summed E-state index contributed by atoms with van der Waals surface area (Å²) >= 11 is 5.21. The van der Waals surface area contributed by atoms with Gasteiger partial charge in [0.1, 0.15) is 28.7 Å². The van der Waals surface area contributed by atoms with Gasteiger partial charge in [-0.3, -0.25) is 28.6 Å². The first-order valence-corrected chi connectivity index (χ1v) is 11.5. The lowest BCUT2D eigenvalue weighted by Crippen LogP contribution is -2.30. The number of hydrogen-bond acceptors (Lipinski definition) is 6. The monoisotopic (exact) mass is 512 g/mol. The molecule has 37 heavy (non-hydrogen) atoms. The van der Waals surface area contributed by atoms with Crippen molar-refractivity contribution in [1.29, 1.82) is 5.26 Å². The fourth-order valence-electron chi connectivity index (χ4n) is 4.49. The highest BCUT2D eigenvalue weighted by atomic mass is 32.1. The molecule has 0 bridgehead atoms. The molecule has 0 amide bonds. The first-order chi connectivity index (χ1) is 17.8. The van der Waals surface area contributed by atoms with Gasteiger partial charge in [-0.1, -0.05) is 30.3 Å². The van der Waals surface area contributed by atoms with E-state index in [1.165, 1.54) is 11.8 Å². The van der Waals surface area contributed by atoms with Crippen LogP contribution in [0.5, 0.6) is 5.75 Å². The topological polar surface area (TPSA) is 131 Å². The Labute approximate surface area is 214 Å². The highest BCUT2D eigenvalue weighted by Gasteiger charge is 2.26. The molecule has 0 spiro atoms. The largest absolute Gasteiger partial charge is 0.497 e. The van der Waals surface area contributed by atoms with Crippen molar-refractivity contribution in [2.75, 3.05) is 7.11 Å². The first kappa shape index (κ1) is 23.8. The third-order valence-electron chi connectivity index (χ3n) is 6.30. The maximum Gasteiger partial charge on any atom is 0.296 e. The number of methoxy groups -OCH3 is 1. The Morgan fingerprint density at radius 2 is 1.65 bits per heavy atom. The molecule has 0 saturated carbocycles. The van der Waals surface area contributed by atoms with Gasteiger partial charge < -0.3 is 9.72 Å². The second kappa shape index (κ2) is 8.92. The van der Waals surface area contributed by atoms with Crippen molar-refractivity contribution in [1.82, 2.24) is 23.9 Å². The Kier molecular flexibility index (Phi) is 5.74. The molecule has 0 atom stereocenters. The summed E-state index contributed by atoms with van der Waals surface area (Å²) < 4.78 is 9.26. The number of para-hydroxylation sites is 1. The number of H-pyrrole nitrogens is 2. The molecule has 5 aromatic rings. The molecule has 2 N–H and O–H groups in total. The summed E-state index contributed by atoms with van der Waals surface area (Å²) in [5, 5.41) is 10.1. The summed E-state index contributed by atoms with van der Waals surface area (Å²) in [7, 11) is 3.20. The van der Waals surface area contributed by atoms with Gasteiger partial charge in [-0.25, -0.2) is 4.68 Å². The van der Waals surface area contributed by atoms with Gasteiger partial charge in [0.25, 0.3) is 16.7 Å². The summed E-state index contributed by atoms with van der Waals surface area (Å²) in [6.45, 7) is 1.68. The molecular formula is C26H20N6O4S. The van der Waals surface area contributed by atoms with Crippen molar-refractivity contribution in [3.8, 4) is 34.3 Å². The third-order valence-corrected chi connectivity index (χ3v) is 6.51. The summed E-state index contributed by atoms with van der Waals surface area (Å²) in [5.74, 6) is 0.564. The number of pyridine rings is 1. The average molecular weight is 513 g/mol. The van der Waals surface area contributed by atoms with Crippen LogP contribution in [0, 0.1) is 23.0 Å². The van der Waals surface area contributed by atoms with Gasteiger partial charge in [0.2, 0.25) is 0 Å². The van der Waals surface area contributed by atoms with Crippen LogP contribution in [-0.2, 0) is 7.05 Å². The molecule has 0 radical (unpaired) electrons. The maximum atomic E-state index is 13.9. The fourth-order valence-corrected chi connectivity index (χ4v) is 4.68. The van der Waals surface area contributed by atoms with Gasteiger partial charge in [0, 0.05) is 12.6 Å². The number of rotatable bonds is 4. The molecule has 10 nitrogen and oxygen atoms in total. The van der Waals surface area contributed by atoms with Crippen LogP contribution in [0.2, 0.25) is 0 Å². The van der Waals surface area contributed by atoms with Gasteiger partial charge in [0.15, 0.2) is 4.77 Å². The summed E-state index contributed by atoms with van der Waals surface area (Å²) in [4.78, 5) is 46.3. The van der Waals surface area contributed by atoms with Gasteiger partial charge >= 0.3 is 0 Å².